The van der Waals surface area contributed by atoms with Gasteiger partial charge in [0.15, 0.2) is 0 Å². The maximum atomic E-state index is 13.5. The lowest BCUT2D eigenvalue weighted by molar-refractivity contribution is -0.132. The van der Waals surface area contributed by atoms with Gasteiger partial charge in [0.1, 0.15) is 6.54 Å². The molecule has 3 rings (SSSR count). The molecule has 0 saturated heterocycles. The number of nitrogens with one attached hydrogen (secondary N) is 1. The number of carbonyl (C=O) groups excluding carboxylic acids is 2. The molecule has 0 radical (unpaired) electrons. The van der Waals surface area contributed by atoms with E-state index in [0.717, 1.165) is 34.9 Å². The topological polar surface area (TPSA) is 59.7 Å². The van der Waals surface area contributed by atoms with Crippen molar-refractivity contribution >= 4 is 46.0 Å². The second kappa shape index (κ2) is 12.1. The zero-order valence-corrected chi connectivity index (χ0v) is 21.5. The summed E-state index contributed by atoms with van der Waals surface area (Å²) in [6.45, 7) is 3.54. The normalized spacial score (nSPS) is 11.0. The van der Waals surface area contributed by atoms with E-state index in [1.807, 2.05) is 30.5 Å². The number of benzene rings is 2. The van der Waals surface area contributed by atoms with Gasteiger partial charge in [-0.3, -0.25) is 4.79 Å². The van der Waals surface area contributed by atoms with Gasteiger partial charge < -0.3 is 19.7 Å². The minimum absolute atomic E-state index is 0.0339. The second-order valence-corrected chi connectivity index (χ2v) is 9.44. The minimum Gasteiger partial charge on any atom is -0.361 e. The molecule has 2 aromatic carbocycles. The molecule has 3 aromatic rings. The Morgan fingerprint density at radius 3 is 2.44 bits per heavy atom. The molecule has 3 amide bonds. The van der Waals surface area contributed by atoms with Gasteiger partial charge in [-0.2, -0.15) is 0 Å². The Morgan fingerprint density at radius 2 is 1.74 bits per heavy atom. The van der Waals surface area contributed by atoms with E-state index in [4.69, 9.17) is 23.2 Å². The first-order valence-corrected chi connectivity index (χ1v) is 12.3. The van der Waals surface area contributed by atoms with Gasteiger partial charge in [-0.1, -0.05) is 60.8 Å². The number of unbranched alkanes of at least 4 members (excludes halogenated alkanes) is 1. The summed E-state index contributed by atoms with van der Waals surface area (Å²) in [4.78, 5) is 34.4. The van der Waals surface area contributed by atoms with Crippen molar-refractivity contribution in [2.24, 2.45) is 0 Å². The number of hydrogen-bond donors (Lipinski definition) is 1. The summed E-state index contributed by atoms with van der Waals surface area (Å²) in [6, 6.07) is 13.4. The molecule has 1 aromatic heterocycles. The zero-order chi connectivity index (χ0) is 24.7. The van der Waals surface area contributed by atoms with E-state index in [9.17, 15) is 9.59 Å². The van der Waals surface area contributed by atoms with Crippen LogP contribution in [0.15, 0.2) is 48.7 Å². The van der Waals surface area contributed by atoms with Gasteiger partial charge in [-0.05, 0) is 42.2 Å². The molecule has 0 fully saturated rings. The number of nitrogens with zero attached hydrogens (tertiary/aromatic N) is 3. The molecule has 34 heavy (non-hydrogen) atoms. The third-order valence-corrected chi connectivity index (χ3v) is 6.54. The van der Waals surface area contributed by atoms with Crippen LogP contribution in [0.2, 0.25) is 10.0 Å². The lowest BCUT2D eigenvalue weighted by Gasteiger charge is -2.29. The summed E-state index contributed by atoms with van der Waals surface area (Å²) in [7, 11) is 3.41. The first-order valence-electron chi connectivity index (χ1n) is 11.5. The summed E-state index contributed by atoms with van der Waals surface area (Å²) in [5.74, 6) is -0.0998. The van der Waals surface area contributed by atoms with Crippen LogP contribution >= 0.6 is 23.2 Å². The van der Waals surface area contributed by atoms with E-state index in [0.29, 0.717) is 36.1 Å². The van der Waals surface area contributed by atoms with Crippen molar-refractivity contribution < 1.29 is 9.59 Å². The van der Waals surface area contributed by atoms with Crippen molar-refractivity contribution in [2.75, 3.05) is 33.7 Å². The number of halogens is 2. The van der Waals surface area contributed by atoms with Crippen molar-refractivity contribution in [1.82, 2.24) is 19.7 Å². The van der Waals surface area contributed by atoms with E-state index in [-0.39, 0.29) is 18.5 Å². The molecular formula is C26H32Cl2N4O2. The quantitative estimate of drug-likeness (QED) is 0.379. The SMILES string of the molecule is CCCCN(CC(=O)N(CCc1c[nH]c2ccccc12)Cc1ccc(Cl)c(Cl)c1)C(=O)N(C)C. The summed E-state index contributed by atoms with van der Waals surface area (Å²) in [6.07, 6.45) is 4.47. The number of aromatic nitrogens is 1. The molecule has 0 saturated carbocycles. The third-order valence-electron chi connectivity index (χ3n) is 5.80. The summed E-state index contributed by atoms with van der Waals surface area (Å²) in [5.41, 5.74) is 3.11. The smallest absolute Gasteiger partial charge is 0.319 e. The van der Waals surface area contributed by atoms with Crippen LogP contribution in [-0.4, -0.2) is 65.4 Å². The summed E-state index contributed by atoms with van der Waals surface area (Å²) in [5, 5.41) is 2.08. The van der Waals surface area contributed by atoms with Gasteiger partial charge in [0.05, 0.1) is 10.0 Å². The number of hydrogen-bond acceptors (Lipinski definition) is 2. The monoisotopic (exact) mass is 502 g/mol. The van der Waals surface area contributed by atoms with Crippen molar-refractivity contribution in [3.05, 3.63) is 69.8 Å². The summed E-state index contributed by atoms with van der Waals surface area (Å²) < 4.78 is 0. The van der Waals surface area contributed by atoms with Crippen LogP contribution in [0.25, 0.3) is 10.9 Å². The van der Waals surface area contributed by atoms with Crippen LogP contribution in [0.3, 0.4) is 0 Å². The maximum absolute atomic E-state index is 13.5. The molecular weight excluding hydrogens is 471 g/mol. The fraction of sp³-hybridized carbons (Fsp3) is 0.385. The largest absolute Gasteiger partial charge is 0.361 e. The number of H-pyrrole nitrogens is 1. The highest BCUT2D eigenvalue weighted by atomic mass is 35.5. The second-order valence-electron chi connectivity index (χ2n) is 8.63. The molecule has 1 heterocycles. The number of para-hydroxylation sites is 1. The molecule has 0 aliphatic carbocycles. The molecule has 0 atom stereocenters. The molecule has 0 aliphatic rings. The lowest BCUT2D eigenvalue weighted by atomic mass is 10.1. The van der Waals surface area contributed by atoms with Crippen molar-refractivity contribution in [3.8, 4) is 0 Å². The zero-order valence-electron chi connectivity index (χ0n) is 20.0. The Morgan fingerprint density at radius 1 is 0.971 bits per heavy atom. The van der Waals surface area contributed by atoms with E-state index in [1.54, 1.807) is 36.0 Å². The number of rotatable bonds is 10. The van der Waals surface area contributed by atoms with Crippen LogP contribution in [0, 0.1) is 0 Å². The molecule has 0 unspecified atom stereocenters. The molecule has 182 valence electrons. The predicted molar refractivity (Wildman–Crippen MR) is 139 cm³/mol. The molecule has 0 spiro atoms. The Labute approximate surface area is 211 Å². The Hall–Kier alpha value is -2.70. The fourth-order valence-corrected chi connectivity index (χ4v) is 4.20. The number of aromatic amines is 1. The van der Waals surface area contributed by atoms with Gasteiger partial charge >= 0.3 is 6.03 Å². The van der Waals surface area contributed by atoms with Crippen LogP contribution in [-0.2, 0) is 17.8 Å². The Kier molecular flexibility index (Phi) is 9.25. The number of carbonyl (C=O) groups is 2. The first-order chi connectivity index (χ1) is 16.3. The highest BCUT2D eigenvalue weighted by Crippen LogP contribution is 2.24. The molecule has 6 nitrogen and oxygen atoms in total. The van der Waals surface area contributed by atoms with Crippen LogP contribution in [0.4, 0.5) is 4.79 Å². The van der Waals surface area contributed by atoms with Crippen LogP contribution in [0.1, 0.15) is 30.9 Å². The van der Waals surface area contributed by atoms with E-state index in [2.05, 4.69) is 18.0 Å². The lowest BCUT2D eigenvalue weighted by Crippen LogP contribution is -2.47. The minimum atomic E-state index is -0.159. The number of fused-ring (bicyclic) bond motifs is 1. The maximum Gasteiger partial charge on any atom is 0.319 e. The van der Waals surface area contributed by atoms with E-state index in [1.165, 1.54) is 4.90 Å². The van der Waals surface area contributed by atoms with E-state index < -0.39 is 0 Å². The van der Waals surface area contributed by atoms with Crippen molar-refractivity contribution in [2.45, 2.75) is 32.7 Å². The van der Waals surface area contributed by atoms with Gasteiger partial charge in [0, 0.05) is 50.8 Å². The summed E-state index contributed by atoms with van der Waals surface area (Å²) >= 11 is 12.3. The highest BCUT2D eigenvalue weighted by Gasteiger charge is 2.23. The number of urea groups is 1. The fourth-order valence-electron chi connectivity index (χ4n) is 3.88. The molecule has 0 aliphatic heterocycles. The number of amides is 3. The van der Waals surface area contributed by atoms with Gasteiger partial charge in [-0.25, -0.2) is 4.79 Å². The van der Waals surface area contributed by atoms with Gasteiger partial charge in [0.2, 0.25) is 5.91 Å². The average molecular weight is 503 g/mol. The van der Waals surface area contributed by atoms with Crippen molar-refractivity contribution in [1.29, 1.82) is 0 Å². The van der Waals surface area contributed by atoms with Crippen molar-refractivity contribution in [3.63, 3.8) is 0 Å². The molecule has 8 heteroatoms. The predicted octanol–water partition coefficient (Wildman–Crippen LogP) is 5.83. The highest BCUT2D eigenvalue weighted by molar-refractivity contribution is 6.42. The van der Waals surface area contributed by atoms with Gasteiger partial charge in [0.25, 0.3) is 0 Å². The Balaban J connectivity index is 1.80. The Bertz CT molecular complexity index is 1130. The van der Waals surface area contributed by atoms with Crippen LogP contribution < -0.4 is 0 Å². The average Bonchev–Trinajstić information content (AvgIpc) is 3.24. The van der Waals surface area contributed by atoms with Crippen LogP contribution in [0.5, 0.6) is 0 Å². The molecule has 0 bridgehead atoms. The van der Waals surface area contributed by atoms with E-state index >= 15 is 0 Å². The third kappa shape index (κ3) is 6.67. The standard InChI is InChI=1S/C26H32Cl2N4O2/c1-4-5-13-32(26(34)30(2)3)18-25(33)31(17-19-10-11-22(27)23(28)15-19)14-12-20-16-29-24-9-7-6-8-21(20)24/h6-11,15-16,29H,4-5,12-14,17-18H2,1-3H3. The van der Waals surface area contributed by atoms with Gasteiger partial charge in [-0.15, -0.1) is 0 Å². The first kappa shape index (κ1) is 25.9. The molecule has 1 N–H and O–H groups in total.